The molecule has 0 amide bonds. The van der Waals surface area contributed by atoms with Gasteiger partial charge in [-0.05, 0) is 62.4 Å². The molecule has 2 aromatic carbocycles. The van der Waals surface area contributed by atoms with E-state index in [0.717, 1.165) is 29.9 Å². The fraction of sp³-hybridized carbons (Fsp3) is 0.400. The van der Waals surface area contributed by atoms with Crippen molar-refractivity contribution in [2.75, 3.05) is 13.7 Å². The van der Waals surface area contributed by atoms with Crippen molar-refractivity contribution in [3.05, 3.63) is 59.8 Å². The number of benzene rings is 2. The maximum atomic E-state index is 12.5. The second-order valence-electron chi connectivity index (χ2n) is 7.92. The summed E-state index contributed by atoms with van der Waals surface area (Å²) < 4.78 is 24.2. The van der Waals surface area contributed by atoms with E-state index in [1.807, 2.05) is 48.5 Å². The minimum atomic E-state index is -0.580. The number of carbonyl (C=O) groups excluding carboxylic acids is 1. The standard InChI is InChI=1S/C25H29N3O5/c1-3-31-25(29)23-24(28(27-26-23)17-18-12-14-19(30-2)15-13-18)33-22-11-7-10-21(16-22)32-20-8-5-4-6-9-20/h7,10-16,20H,3-6,8-9,17H2,1-2H3. The Morgan fingerprint density at radius 2 is 1.79 bits per heavy atom. The molecule has 33 heavy (non-hydrogen) atoms. The molecule has 0 aliphatic heterocycles. The van der Waals surface area contributed by atoms with Gasteiger partial charge in [0.05, 0.1) is 26.4 Å². The zero-order valence-corrected chi connectivity index (χ0v) is 19.0. The van der Waals surface area contributed by atoms with E-state index in [2.05, 4.69) is 10.3 Å². The van der Waals surface area contributed by atoms with Gasteiger partial charge in [0.1, 0.15) is 17.2 Å². The minimum absolute atomic E-state index is 0.0314. The van der Waals surface area contributed by atoms with Crippen molar-refractivity contribution >= 4 is 5.97 Å². The van der Waals surface area contributed by atoms with Gasteiger partial charge in [-0.15, -0.1) is 5.10 Å². The van der Waals surface area contributed by atoms with Gasteiger partial charge in [-0.1, -0.05) is 29.8 Å². The number of nitrogens with zero attached hydrogens (tertiary/aromatic N) is 3. The smallest absolute Gasteiger partial charge is 0.364 e. The summed E-state index contributed by atoms with van der Waals surface area (Å²) in [6, 6.07) is 15.0. The molecule has 0 radical (unpaired) electrons. The third-order valence-corrected chi connectivity index (χ3v) is 5.52. The summed E-state index contributed by atoms with van der Waals surface area (Å²) in [4.78, 5) is 12.5. The Kier molecular flexibility index (Phi) is 7.44. The normalized spacial score (nSPS) is 14.0. The van der Waals surface area contributed by atoms with Crippen molar-refractivity contribution in [1.29, 1.82) is 0 Å². The van der Waals surface area contributed by atoms with Crippen LogP contribution in [0.25, 0.3) is 0 Å². The van der Waals surface area contributed by atoms with Gasteiger partial charge in [0.15, 0.2) is 0 Å². The van der Waals surface area contributed by atoms with Crippen molar-refractivity contribution in [2.45, 2.75) is 51.7 Å². The van der Waals surface area contributed by atoms with E-state index in [1.54, 1.807) is 18.7 Å². The maximum absolute atomic E-state index is 12.5. The van der Waals surface area contributed by atoms with Crippen LogP contribution in [-0.4, -0.2) is 40.8 Å². The minimum Gasteiger partial charge on any atom is -0.497 e. The molecular weight excluding hydrogens is 422 g/mol. The zero-order valence-electron chi connectivity index (χ0n) is 19.0. The van der Waals surface area contributed by atoms with Crippen LogP contribution >= 0.6 is 0 Å². The van der Waals surface area contributed by atoms with Gasteiger partial charge in [-0.3, -0.25) is 0 Å². The monoisotopic (exact) mass is 451 g/mol. The largest absolute Gasteiger partial charge is 0.497 e. The zero-order chi connectivity index (χ0) is 23.0. The average molecular weight is 452 g/mol. The van der Waals surface area contributed by atoms with E-state index in [-0.39, 0.29) is 24.3 Å². The van der Waals surface area contributed by atoms with Crippen LogP contribution in [-0.2, 0) is 11.3 Å². The molecule has 1 saturated carbocycles. The highest BCUT2D eigenvalue weighted by atomic mass is 16.5. The molecule has 1 fully saturated rings. The first-order valence-electron chi connectivity index (χ1n) is 11.3. The molecule has 8 heteroatoms. The van der Waals surface area contributed by atoms with Crippen LogP contribution in [0, 0.1) is 0 Å². The van der Waals surface area contributed by atoms with E-state index >= 15 is 0 Å². The Labute approximate surface area is 193 Å². The number of methoxy groups -OCH3 is 1. The molecule has 4 rings (SSSR count). The summed E-state index contributed by atoms with van der Waals surface area (Å²) in [7, 11) is 1.62. The highest BCUT2D eigenvalue weighted by Crippen LogP contribution is 2.30. The Morgan fingerprint density at radius 3 is 2.52 bits per heavy atom. The van der Waals surface area contributed by atoms with Crippen molar-refractivity contribution in [1.82, 2.24) is 15.0 Å². The van der Waals surface area contributed by atoms with Crippen LogP contribution in [0.1, 0.15) is 55.1 Å². The Balaban J connectivity index is 1.57. The Morgan fingerprint density at radius 1 is 1.03 bits per heavy atom. The van der Waals surface area contributed by atoms with E-state index in [4.69, 9.17) is 18.9 Å². The number of hydrogen-bond acceptors (Lipinski definition) is 7. The number of aromatic nitrogens is 3. The van der Waals surface area contributed by atoms with Crippen LogP contribution < -0.4 is 14.2 Å². The third-order valence-electron chi connectivity index (χ3n) is 5.52. The molecule has 0 N–H and O–H groups in total. The maximum Gasteiger partial charge on any atom is 0.364 e. The fourth-order valence-electron chi connectivity index (χ4n) is 3.84. The first-order chi connectivity index (χ1) is 16.2. The summed E-state index contributed by atoms with van der Waals surface area (Å²) in [5.74, 6) is 1.68. The van der Waals surface area contributed by atoms with E-state index in [9.17, 15) is 4.79 Å². The summed E-state index contributed by atoms with van der Waals surface area (Å²) in [5.41, 5.74) is 0.985. The van der Waals surface area contributed by atoms with Crippen molar-refractivity contribution in [3.8, 4) is 23.1 Å². The van der Waals surface area contributed by atoms with Crippen molar-refractivity contribution < 1.29 is 23.7 Å². The molecule has 0 saturated heterocycles. The number of ether oxygens (including phenoxy) is 4. The number of carbonyl (C=O) groups is 1. The van der Waals surface area contributed by atoms with Crippen molar-refractivity contribution in [2.24, 2.45) is 0 Å². The van der Waals surface area contributed by atoms with Crippen LogP contribution in [0.2, 0.25) is 0 Å². The summed E-state index contributed by atoms with van der Waals surface area (Å²) in [5, 5.41) is 8.18. The number of esters is 1. The van der Waals surface area contributed by atoms with Gasteiger partial charge >= 0.3 is 5.97 Å². The summed E-state index contributed by atoms with van der Waals surface area (Å²) in [6.45, 7) is 2.34. The van der Waals surface area contributed by atoms with E-state index < -0.39 is 5.97 Å². The van der Waals surface area contributed by atoms with Crippen LogP contribution in [0.15, 0.2) is 48.5 Å². The van der Waals surface area contributed by atoms with E-state index in [0.29, 0.717) is 12.3 Å². The molecule has 1 heterocycles. The highest BCUT2D eigenvalue weighted by Gasteiger charge is 2.24. The second-order valence-corrected chi connectivity index (χ2v) is 7.92. The first-order valence-corrected chi connectivity index (χ1v) is 11.3. The lowest BCUT2D eigenvalue weighted by atomic mass is 9.98. The lowest BCUT2D eigenvalue weighted by Gasteiger charge is -2.23. The number of rotatable bonds is 9. The fourth-order valence-corrected chi connectivity index (χ4v) is 3.84. The highest BCUT2D eigenvalue weighted by molar-refractivity contribution is 5.89. The van der Waals surface area contributed by atoms with Gasteiger partial charge in [0.25, 0.3) is 5.88 Å². The van der Waals surface area contributed by atoms with Gasteiger partial charge < -0.3 is 18.9 Å². The van der Waals surface area contributed by atoms with E-state index in [1.165, 1.54) is 19.3 Å². The molecule has 0 bridgehead atoms. The molecule has 1 aromatic heterocycles. The molecule has 3 aromatic rings. The van der Waals surface area contributed by atoms with Gasteiger partial charge in [-0.25, -0.2) is 9.48 Å². The van der Waals surface area contributed by atoms with Crippen LogP contribution in [0.3, 0.4) is 0 Å². The van der Waals surface area contributed by atoms with Gasteiger partial charge in [-0.2, -0.15) is 0 Å². The molecular formula is C25H29N3O5. The predicted molar refractivity (Wildman–Crippen MR) is 122 cm³/mol. The lowest BCUT2D eigenvalue weighted by molar-refractivity contribution is 0.0516. The predicted octanol–water partition coefficient (Wildman–Crippen LogP) is 5.02. The summed E-state index contributed by atoms with van der Waals surface area (Å²) in [6.07, 6.45) is 6.02. The molecule has 1 aliphatic rings. The molecule has 8 nitrogen and oxygen atoms in total. The molecule has 0 atom stereocenters. The SMILES string of the molecule is CCOC(=O)c1nnn(Cc2ccc(OC)cc2)c1Oc1cccc(OC2CCCCC2)c1. The number of hydrogen-bond donors (Lipinski definition) is 0. The Bertz CT molecular complexity index is 1060. The third kappa shape index (κ3) is 5.83. The quantitative estimate of drug-likeness (QED) is 0.423. The van der Waals surface area contributed by atoms with Gasteiger partial charge in [0, 0.05) is 6.07 Å². The van der Waals surface area contributed by atoms with Gasteiger partial charge in [0.2, 0.25) is 5.69 Å². The molecule has 174 valence electrons. The Hall–Kier alpha value is -3.55. The second kappa shape index (κ2) is 10.8. The topological polar surface area (TPSA) is 84.7 Å². The average Bonchev–Trinajstić information content (AvgIpc) is 3.22. The molecule has 0 spiro atoms. The summed E-state index contributed by atoms with van der Waals surface area (Å²) >= 11 is 0. The molecule has 1 aliphatic carbocycles. The van der Waals surface area contributed by atoms with Crippen LogP contribution in [0.4, 0.5) is 0 Å². The molecule has 0 unspecified atom stereocenters. The first kappa shape index (κ1) is 22.6. The van der Waals surface area contributed by atoms with Crippen molar-refractivity contribution in [3.63, 3.8) is 0 Å². The lowest BCUT2D eigenvalue weighted by Crippen LogP contribution is -2.19. The van der Waals surface area contributed by atoms with Crippen LogP contribution in [0.5, 0.6) is 23.1 Å².